The first-order valence-electron chi connectivity index (χ1n) is 5.71. The number of hydrogen-bond acceptors (Lipinski definition) is 2. The molecule has 3 heteroatoms. The van der Waals surface area contributed by atoms with E-state index in [-0.39, 0.29) is 5.54 Å². The molecule has 1 aromatic rings. The summed E-state index contributed by atoms with van der Waals surface area (Å²) in [5.74, 6) is 0.831. The third kappa shape index (κ3) is 5.24. The molecule has 1 aromatic carbocycles. The summed E-state index contributed by atoms with van der Waals surface area (Å²) in [6.07, 6.45) is 6.02. The number of halogens is 1. The van der Waals surface area contributed by atoms with Gasteiger partial charge in [-0.3, -0.25) is 0 Å². The van der Waals surface area contributed by atoms with Crippen LogP contribution in [0.2, 0.25) is 5.02 Å². The van der Waals surface area contributed by atoms with Gasteiger partial charge < -0.3 is 10.5 Å². The summed E-state index contributed by atoms with van der Waals surface area (Å²) >= 11 is 5.95. The van der Waals surface area contributed by atoms with Crippen LogP contribution in [0.5, 0.6) is 5.75 Å². The van der Waals surface area contributed by atoms with Crippen LogP contribution in [0.1, 0.15) is 32.3 Å². The molecule has 0 unspecified atom stereocenters. The molecule has 94 valence electrons. The van der Waals surface area contributed by atoms with Crippen molar-refractivity contribution in [3.8, 4) is 5.75 Å². The van der Waals surface area contributed by atoms with E-state index in [1.54, 1.807) is 7.11 Å². The van der Waals surface area contributed by atoms with E-state index in [4.69, 9.17) is 22.1 Å². The summed E-state index contributed by atoms with van der Waals surface area (Å²) in [6.45, 7) is 4.06. The van der Waals surface area contributed by atoms with Crippen molar-refractivity contribution in [1.29, 1.82) is 0 Å². The Balaban J connectivity index is 2.67. The average molecular weight is 254 g/mol. The fourth-order valence-electron chi connectivity index (χ4n) is 1.50. The van der Waals surface area contributed by atoms with Crippen LogP contribution in [0.25, 0.3) is 6.08 Å². The van der Waals surface area contributed by atoms with E-state index in [0.717, 1.165) is 24.2 Å². The van der Waals surface area contributed by atoms with Crippen LogP contribution in [-0.2, 0) is 0 Å². The Morgan fingerprint density at radius 3 is 2.71 bits per heavy atom. The van der Waals surface area contributed by atoms with Crippen molar-refractivity contribution >= 4 is 17.7 Å². The lowest BCUT2D eigenvalue weighted by atomic mass is 10.00. The fourth-order valence-corrected chi connectivity index (χ4v) is 1.68. The maximum absolute atomic E-state index is 5.95. The predicted octanol–water partition coefficient (Wildman–Crippen LogP) is 3.88. The first kappa shape index (κ1) is 14.1. The first-order chi connectivity index (χ1) is 7.92. The van der Waals surface area contributed by atoms with Crippen molar-refractivity contribution in [3.63, 3.8) is 0 Å². The topological polar surface area (TPSA) is 35.2 Å². The van der Waals surface area contributed by atoms with Gasteiger partial charge in [-0.05, 0) is 44.9 Å². The van der Waals surface area contributed by atoms with Crippen molar-refractivity contribution in [3.05, 3.63) is 34.9 Å². The quantitative estimate of drug-likeness (QED) is 0.864. The standard InChI is InChI=1S/C14H20ClNO/c1-14(2,16)9-5-4-6-11-10-12(15)7-8-13(11)17-3/h4,6-8,10H,5,9,16H2,1-3H3/b6-4+. The molecule has 0 saturated heterocycles. The minimum Gasteiger partial charge on any atom is -0.496 e. The highest BCUT2D eigenvalue weighted by Crippen LogP contribution is 2.24. The Morgan fingerprint density at radius 1 is 1.41 bits per heavy atom. The van der Waals surface area contributed by atoms with Gasteiger partial charge in [0.25, 0.3) is 0 Å². The van der Waals surface area contributed by atoms with Crippen molar-refractivity contribution in [2.75, 3.05) is 7.11 Å². The molecule has 0 spiro atoms. The maximum atomic E-state index is 5.95. The molecule has 0 aromatic heterocycles. The highest BCUT2D eigenvalue weighted by molar-refractivity contribution is 6.30. The average Bonchev–Trinajstić information content (AvgIpc) is 2.23. The molecule has 0 radical (unpaired) electrons. The van der Waals surface area contributed by atoms with Crippen molar-refractivity contribution in [2.24, 2.45) is 5.73 Å². The summed E-state index contributed by atoms with van der Waals surface area (Å²) < 4.78 is 5.26. The number of hydrogen-bond donors (Lipinski definition) is 1. The van der Waals surface area contributed by atoms with Gasteiger partial charge in [0, 0.05) is 16.1 Å². The highest BCUT2D eigenvalue weighted by Gasteiger charge is 2.08. The maximum Gasteiger partial charge on any atom is 0.126 e. The molecular formula is C14H20ClNO. The van der Waals surface area contributed by atoms with Crippen LogP contribution >= 0.6 is 11.6 Å². The van der Waals surface area contributed by atoms with E-state index in [1.165, 1.54) is 0 Å². The van der Waals surface area contributed by atoms with Gasteiger partial charge in [0.05, 0.1) is 7.11 Å². The third-order valence-electron chi connectivity index (χ3n) is 2.44. The number of ether oxygens (including phenoxy) is 1. The lowest BCUT2D eigenvalue weighted by Gasteiger charge is -2.16. The Morgan fingerprint density at radius 2 is 2.12 bits per heavy atom. The molecule has 0 fully saturated rings. The number of allylic oxidation sites excluding steroid dienone is 1. The minimum atomic E-state index is -0.122. The zero-order valence-electron chi connectivity index (χ0n) is 10.7. The van der Waals surface area contributed by atoms with Gasteiger partial charge in [-0.1, -0.05) is 23.8 Å². The van der Waals surface area contributed by atoms with Crippen LogP contribution in [0.3, 0.4) is 0 Å². The molecule has 2 nitrogen and oxygen atoms in total. The molecule has 0 atom stereocenters. The summed E-state index contributed by atoms with van der Waals surface area (Å²) in [5.41, 5.74) is 6.79. The summed E-state index contributed by atoms with van der Waals surface area (Å²) in [6, 6.07) is 5.58. The van der Waals surface area contributed by atoms with E-state index in [2.05, 4.69) is 6.08 Å². The Kier molecular flexibility index (Phi) is 5.03. The number of benzene rings is 1. The Bertz CT molecular complexity index is 394. The number of rotatable bonds is 5. The molecule has 0 heterocycles. The molecule has 0 bridgehead atoms. The van der Waals surface area contributed by atoms with Crippen molar-refractivity contribution < 1.29 is 4.74 Å². The summed E-state index contributed by atoms with van der Waals surface area (Å²) in [4.78, 5) is 0. The van der Waals surface area contributed by atoms with E-state index in [0.29, 0.717) is 5.02 Å². The van der Waals surface area contributed by atoms with E-state index in [1.807, 2.05) is 38.1 Å². The van der Waals surface area contributed by atoms with Gasteiger partial charge >= 0.3 is 0 Å². The third-order valence-corrected chi connectivity index (χ3v) is 2.68. The molecule has 1 rings (SSSR count). The highest BCUT2D eigenvalue weighted by atomic mass is 35.5. The molecule has 0 aliphatic rings. The molecule has 0 aliphatic carbocycles. The van der Waals surface area contributed by atoms with Crippen LogP contribution in [0.4, 0.5) is 0 Å². The van der Waals surface area contributed by atoms with Gasteiger partial charge in [0.2, 0.25) is 0 Å². The zero-order chi connectivity index (χ0) is 12.9. The van der Waals surface area contributed by atoms with E-state index >= 15 is 0 Å². The van der Waals surface area contributed by atoms with Crippen molar-refractivity contribution in [1.82, 2.24) is 0 Å². The smallest absolute Gasteiger partial charge is 0.126 e. The first-order valence-corrected chi connectivity index (χ1v) is 6.09. The summed E-state index contributed by atoms with van der Waals surface area (Å²) in [5, 5.41) is 0.713. The number of nitrogens with two attached hydrogens (primary N) is 1. The SMILES string of the molecule is COc1ccc(Cl)cc1/C=C/CCC(C)(C)N. The molecule has 0 aliphatic heterocycles. The molecule has 0 amide bonds. The molecule has 0 saturated carbocycles. The molecule has 17 heavy (non-hydrogen) atoms. The second-order valence-electron chi connectivity index (χ2n) is 4.82. The lowest BCUT2D eigenvalue weighted by Crippen LogP contribution is -2.31. The second-order valence-corrected chi connectivity index (χ2v) is 5.25. The predicted molar refractivity (Wildman–Crippen MR) is 74.5 cm³/mol. The largest absolute Gasteiger partial charge is 0.496 e. The number of methoxy groups -OCH3 is 1. The van der Waals surface area contributed by atoms with Gasteiger partial charge in [-0.2, -0.15) is 0 Å². The second kappa shape index (κ2) is 6.08. The molecule has 2 N–H and O–H groups in total. The Hall–Kier alpha value is -0.990. The monoisotopic (exact) mass is 253 g/mol. The van der Waals surface area contributed by atoms with Gasteiger partial charge in [-0.15, -0.1) is 0 Å². The van der Waals surface area contributed by atoms with Crippen LogP contribution in [0, 0.1) is 0 Å². The van der Waals surface area contributed by atoms with Gasteiger partial charge in [-0.25, -0.2) is 0 Å². The lowest BCUT2D eigenvalue weighted by molar-refractivity contribution is 0.414. The zero-order valence-corrected chi connectivity index (χ0v) is 11.4. The Labute approximate surface area is 108 Å². The summed E-state index contributed by atoms with van der Waals surface area (Å²) in [7, 11) is 1.66. The van der Waals surface area contributed by atoms with E-state index in [9.17, 15) is 0 Å². The van der Waals surface area contributed by atoms with Crippen molar-refractivity contribution in [2.45, 2.75) is 32.2 Å². The van der Waals surface area contributed by atoms with Crippen LogP contribution in [-0.4, -0.2) is 12.6 Å². The molecular weight excluding hydrogens is 234 g/mol. The van der Waals surface area contributed by atoms with Gasteiger partial charge in [0.15, 0.2) is 0 Å². The minimum absolute atomic E-state index is 0.122. The van der Waals surface area contributed by atoms with E-state index < -0.39 is 0 Å². The van der Waals surface area contributed by atoms with Crippen LogP contribution in [0.15, 0.2) is 24.3 Å². The normalized spacial score (nSPS) is 12.1. The van der Waals surface area contributed by atoms with Crippen LogP contribution < -0.4 is 10.5 Å². The fraction of sp³-hybridized carbons (Fsp3) is 0.429. The van der Waals surface area contributed by atoms with Gasteiger partial charge in [0.1, 0.15) is 5.75 Å².